The third-order valence-electron chi connectivity index (χ3n) is 5.55. The van der Waals surface area contributed by atoms with Crippen LogP contribution in [0, 0.1) is 5.92 Å². The predicted molar refractivity (Wildman–Crippen MR) is 111 cm³/mol. The van der Waals surface area contributed by atoms with Gasteiger partial charge in [0.25, 0.3) is 0 Å². The summed E-state index contributed by atoms with van der Waals surface area (Å²) in [4.78, 5) is 12.8. The Bertz CT molecular complexity index is 754. The number of amides is 1. The van der Waals surface area contributed by atoms with E-state index < -0.39 is 0 Å². The standard InChI is InChI=1S/C21H30N4O.ClH/c1-5-15-6-8-17(9-7-15)21(2,3)14-23-20(26)19-12-22-11-18(19)16-10-24-25(4)13-16;/h6-10,13,18-19,22H,5,11-12,14H2,1-4H3,(H,23,26);1H/t18-,19+;/m1./s1. The Morgan fingerprint density at radius 1 is 1.30 bits per heavy atom. The van der Waals surface area contributed by atoms with Gasteiger partial charge in [-0.1, -0.05) is 45.0 Å². The van der Waals surface area contributed by atoms with Crippen LogP contribution in [0.3, 0.4) is 0 Å². The van der Waals surface area contributed by atoms with Gasteiger partial charge in [-0.05, 0) is 23.1 Å². The Kier molecular flexibility index (Phi) is 7.06. The van der Waals surface area contributed by atoms with Gasteiger partial charge in [0, 0.05) is 44.2 Å². The van der Waals surface area contributed by atoms with Gasteiger partial charge < -0.3 is 10.6 Å². The summed E-state index contributed by atoms with van der Waals surface area (Å²) in [7, 11) is 1.91. The molecule has 0 unspecified atom stereocenters. The number of halogens is 1. The highest BCUT2D eigenvalue weighted by Crippen LogP contribution is 2.28. The minimum atomic E-state index is -0.0994. The number of benzene rings is 1. The number of aryl methyl sites for hydroxylation is 2. The number of nitrogens with one attached hydrogen (secondary N) is 2. The molecular formula is C21H31ClN4O. The summed E-state index contributed by atoms with van der Waals surface area (Å²) >= 11 is 0. The molecule has 2 atom stereocenters. The molecule has 1 aromatic carbocycles. The summed E-state index contributed by atoms with van der Waals surface area (Å²) in [5.74, 6) is 0.273. The molecule has 1 saturated heterocycles. The van der Waals surface area contributed by atoms with E-state index in [9.17, 15) is 4.79 Å². The fourth-order valence-corrected chi connectivity index (χ4v) is 3.67. The monoisotopic (exact) mass is 390 g/mol. The van der Waals surface area contributed by atoms with Gasteiger partial charge in [-0.3, -0.25) is 9.48 Å². The van der Waals surface area contributed by atoms with Crippen molar-refractivity contribution in [1.29, 1.82) is 0 Å². The molecule has 148 valence electrons. The second kappa shape index (κ2) is 8.89. The molecule has 2 aromatic rings. The van der Waals surface area contributed by atoms with Crippen molar-refractivity contribution < 1.29 is 4.79 Å². The van der Waals surface area contributed by atoms with E-state index in [0.29, 0.717) is 6.54 Å². The highest BCUT2D eigenvalue weighted by Gasteiger charge is 2.35. The zero-order chi connectivity index (χ0) is 18.7. The van der Waals surface area contributed by atoms with E-state index in [1.54, 1.807) is 4.68 Å². The Morgan fingerprint density at radius 3 is 2.59 bits per heavy atom. The van der Waals surface area contributed by atoms with E-state index in [-0.39, 0.29) is 35.6 Å². The fraction of sp³-hybridized carbons (Fsp3) is 0.524. The van der Waals surface area contributed by atoms with Crippen LogP contribution in [-0.4, -0.2) is 35.3 Å². The maximum Gasteiger partial charge on any atom is 0.225 e. The lowest BCUT2D eigenvalue weighted by Crippen LogP contribution is -2.41. The van der Waals surface area contributed by atoms with Gasteiger partial charge in [-0.15, -0.1) is 12.4 Å². The Balaban J connectivity index is 0.00000261. The van der Waals surface area contributed by atoms with Gasteiger partial charge >= 0.3 is 0 Å². The van der Waals surface area contributed by atoms with Gasteiger partial charge in [0.05, 0.1) is 12.1 Å². The number of aromatic nitrogens is 2. The van der Waals surface area contributed by atoms with Crippen molar-refractivity contribution in [2.24, 2.45) is 13.0 Å². The van der Waals surface area contributed by atoms with Crippen LogP contribution in [0.1, 0.15) is 43.4 Å². The first-order valence-electron chi connectivity index (χ1n) is 9.47. The Labute approximate surface area is 168 Å². The fourth-order valence-electron chi connectivity index (χ4n) is 3.67. The molecular weight excluding hydrogens is 360 g/mol. The minimum absolute atomic E-state index is 0. The third-order valence-corrected chi connectivity index (χ3v) is 5.55. The van der Waals surface area contributed by atoms with Crippen molar-refractivity contribution in [2.45, 2.75) is 38.5 Å². The first kappa shape index (κ1) is 21.5. The molecule has 1 aliphatic rings. The Morgan fingerprint density at radius 2 is 2.00 bits per heavy atom. The largest absolute Gasteiger partial charge is 0.355 e. The molecule has 1 aliphatic heterocycles. The molecule has 2 heterocycles. The number of hydrogen-bond acceptors (Lipinski definition) is 3. The van der Waals surface area contributed by atoms with Crippen LogP contribution in [0.15, 0.2) is 36.7 Å². The SMILES string of the molecule is CCc1ccc(C(C)(C)CNC(=O)[C@H]2CNC[C@@H]2c2cnn(C)c2)cc1.Cl. The molecule has 1 aromatic heterocycles. The molecule has 1 amide bonds. The first-order valence-corrected chi connectivity index (χ1v) is 9.47. The minimum Gasteiger partial charge on any atom is -0.355 e. The van der Waals surface area contributed by atoms with Gasteiger partial charge in [0.2, 0.25) is 5.91 Å². The van der Waals surface area contributed by atoms with Crippen molar-refractivity contribution in [3.8, 4) is 0 Å². The first-order chi connectivity index (χ1) is 12.4. The molecule has 3 rings (SSSR count). The summed E-state index contributed by atoms with van der Waals surface area (Å²) in [6.07, 6.45) is 4.93. The van der Waals surface area contributed by atoms with Crippen molar-refractivity contribution >= 4 is 18.3 Å². The number of carbonyl (C=O) groups excluding carboxylic acids is 1. The second-order valence-electron chi connectivity index (χ2n) is 7.97. The molecule has 6 heteroatoms. The highest BCUT2D eigenvalue weighted by molar-refractivity contribution is 5.85. The van der Waals surface area contributed by atoms with E-state index >= 15 is 0 Å². The number of nitrogens with zero attached hydrogens (tertiary/aromatic N) is 2. The predicted octanol–water partition coefficient (Wildman–Crippen LogP) is 2.80. The van der Waals surface area contributed by atoms with Gasteiger partial charge in [-0.2, -0.15) is 5.10 Å². The molecule has 0 spiro atoms. The summed E-state index contributed by atoms with van der Waals surface area (Å²) in [6.45, 7) is 8.70. The smallest absolute Gasteiger partial charge is 0.225 e. The molecule has 0 aliphatic carbocycles. The number of hydrogen-bond donors (Lipinski definition) is 2. The van der Waals surface area contributed by atoms with Crippen LogP contribution in [0.4, 0.5) is 0 Å². The van der Waals surface area contributed by atoms with Gasteiger partial charge in [0.15, 0.2) is 0 Å². The second-order valence-corrected chi connectivity index (χ2v) is 7.97. The van der Waals surface area contributed by atoms with Crippen molar-refractivity contribution in [3.05, 3.63) is 53.3 Å². The van der Waals surface area contributed by atoms with Crippen LogP contribution in [0.2, 0.25) is 0 Å². The molecule has 27 heavy (non-hydrogen) atoms. The van der Waals surface area contributed by atoms with E-state index in [1.807, 2.05) is 19.4 Å². The molecule has 5 nitrogen and oxygen atoms in total. The molecule has 0 saturated carbocycles. The van der Waals surface area contributed by atoms with Crippen LogP contribution < -0.4 is 10.6 Å². The van der Waals surface area contributed by atoms with Crippen LogP contribution in [0.5, 0.6) is 0 Å². The quantitative estimate of drug-likeness (QED) is 0.797. The van der Waals surface area contributed by atoms with Crippen LogP contribution >= 0.6 is 12.4 Å². The van der Waals surface area contributed by atoms with Gasteiger partial charge in [0.1, 0.15) is 0 Å². The molecule has 1 fully saturated rings. The van der Waals surface area contributed by atoms with E-state index in [0.717, 1.165) is 25.1 Å². The maximum atomic E-state index is 12.8. The normalized spacial score (nSPS) is 19.6. The lowest BCUT2D eigenvalue weighted by atomic mass is 9.83. The molecule has 0 radical (unpaired) electrons. The zero-order valence-electron chi connectivity index (χ0n) is 16.7. The molecule has 2 N–H and O–H groups in total. The maximum absolute atomic E-state index is 12.8. The topological polar surface area (TPSA) is 59.0 Å². The summed E-state index contributed by atoms with van der Waals surface area (Å²) < 4.78 is 1.80. The van der Waals surface area contributed by atoms with Crippen LogP contribution in [-0.2, 0) is 23.7 Å². The van der Waals surface area contributed by atoms with Crippen molar-refractivity contribution in [3.63, 3.8) is 0 Å². The van der Waals surface area contributed by atoms with Crippen molar-refractivity contribution in [1.82, 2.24) is 20.4 Å². The number of carbonyl (C=O) groups is 1. The Hall–Kier alpha value is -1.85. The lowest BCUT2D eigenvalue weighted by Gasteiger charge is -2.27. The highest BCUT2D eigenvalue weighted by atomic mass is 35.5. The lowest BCUT2D eigenvalue weighted by molar-refractivity contribution is -0.125. The molecule has 0 bridgehead atoms. The van der Waals surface area contributed by atoms with E-state index in [1.165, 1.54) is 11.1 Å². The average Bonchev–Trinajstić information content (AvgIpc) is 3.28. The van der Waals surface area contributed by atoms with Crippen LogP contribution in [0.25, 0.3) is 0 Å². The number of rotatable bonds is 6. The summed E-state index contributed by atoms with van der Waals surface area (Å²) in [5.41, 5.74) is 3.62. The summed E-state index contributed by atoms with van der Waals surface area (Å²) in [5, 5.41) is 10.8. The van der Waals surface area contributed by atoms with Crippen molar-refractivity contribution in [2.75, 3.05) is 19.6 Å². The third kappa shape index (κ3) is 4.90. The van der Waals surface area contributed by atoms with E-state index in [2.05, 4.69) is 60.8 Å². The van der Waals surface area contributed by atoms with E-state index in [4.69, 9.17) is 0 Å². The summed E-state index contributed by atoms with van der Waals surface area (Å²) in [6, 6.07) is 8.72. The zero-order valence-corrected chi connectivity index (χ0v) is 17.5. The van der Waals surface area contributed by atoms with Gasteiger partial charge in [-0.25, -0.2) is 0 Å². The average molecular weight is 391 g/mol.